The van der Waals surface area contributed by atoms with Gasteiger partial charge in [0.1, 0.15) is 9.79 Å². The van der Waals surface area contributed by atoms with Gasteiger partial charge in [0.05, 0.1) is 32.4 Å². The van der Waals surface area contributed by atoms with Crippen LogP contribution in [0.1, 0.15) is 25.1 Å². The maximum absolute atomic E-state index is 13.3. The van der Waals surface area contributed by atoms with E-state index < -0.39 is 83.2 Å². The van der Waals surface area contributed by atoms with Gasteiger partial charge in [0.25, 0.3) is 46.4 Å². The van der Waals surface area contributed by atoms with Crippen molar-refractivity contribution in [2.45, 2.75) is 40.4 Å². The van der Waals surface area contributed by atoms with Crippen molar-refractivity contribution in [1.82, 2.24) is 9.78 Å². The number of amides is 1. The number of carbonyl (C=O) groups is 1. The van der Waals surface area contributed by atoms with Crippen molar-refractivity contribution in [2.24, 2.45) is 5.10 Å². The van der Waals surface area contributed by atoms with Gasteiger partial charge in [-0.2, -0.15) is 53.6 Å². The molecule has 1 aromatic heterocycles. The second-order valence-electron chi connectivity index (χ2n) is 8.92. The van der Waals surface area contributed by atoms with E-state index in [1.165, 1.54) is 20.8 Å². The second-order valence-corrected chi connectivity index (χ2v) is 14.5. The number of hydrogen-bond donors (Lipinski definition) is 5. The zero-order valence-corrected chi connectivity index (χ0v) is 25.7. The van der Waals surface area contributed by atoms with E-state index in [2.05, 4.69) is 10.2 Å². The van der Waals surface area contributed by atoms with E-state index in [-0.39, 0.29) is 17.0 Å². The molecule has 3 aromatic rings. The summed E-state index contributed by atoms with van der Waals surface area (Å²) in [6.45, 7) is 4.01. The Hall–Kier alpha value is -4.03. The first-order valence-corrected chi connectivity index (χ1v) is 17.2. The fourth-order valence-corrected chi connectivity index (χ4v) is 5.92. The maximum atomic E-state index is 13.3. The average Bonchev–Trinajstić information content (AvgIpc) is 3.15. The fraction of sp³-hybridized carbons (Fsp3) is 0.136. The largest absolute Gasteiger partial charge is 0.493 e. The third-order valence-electron chi connectivity index (χ3n) is 5.45. The standard InChI is InChI=1S/C22H22N4O14S4/c1-12(2)23-25(17-10-14(41(29,30)31)4-7-19(17)43(35,36)37)21(27)9-6-16-13(3)24-26(22(16)28)18-11-15(42(32,33)34)5-8-20(18)44(38,39)40/h4-11,28H,1-3H3,(H,29,30,31)(H,32,33,34)(H,35,36,37)(H,38,39,40). The molecule has 5 N–H and O–H groups in total. The van der Waals surface area contributed by atoms with Gasteiger partial charge in [-0.1, -0.05) is 0 Å². The van der Waals surface area contributed by atoms with Crippen LogP contribution in [0.5, 0.6) is 5.88 Å². The van der Waals surface area contributed by atoms with Gasteiger partial charge in [0, 0.05) is 11.8 Å². The van der Waals surface area contributed by atoms with Gasteiger partial charge in [-0.15, -0.1) is 0 Å². The summed E-state index contributed by atoms with van der Waals surface area (Å²) >= 11 is 0. The molecule has 0 saturated heterocycles. The highest BCUT2D eigenvalue weighted by Crippen LogP contribution is 2.32. The molecule has 44 heavy (non-hydrogen) atoms. The van der Waals surface area contributed by atoms with E-state index in [0.29, 0.717) is 52.2 Å². The number of benzene rings is 2. The van der Waals surface area contributed by atoms with Crippen molar-refractivity contribution in [1.29, 1.82) is 0 Å². The molecule has 0 aliphatic carbocycles. The minimum absolute atomic E-state index is 0.112. The van der Waals surface area contributed by atoms with Gasteiger partial charge in [-0.05, 0) is 63.2 Å². The Bertz CT molecular complexity index is 2180. The Labute approximate surface area is 250 Å². The van der Waals surface area contributed by atoms with E-state index in [0.717, 1.165) is 6.08 Å². The monoisotopic (exact) mass is 694 g/mol. The zero-order valence-electron chi connectivity index (χ0n) is 22.5. The van der Waals surface area contributed by atoms with Crippen LogP contribution >= 0.6 is 0 Å². The fourth-order valence-electron chi connectivity index (χ4n) is 3.62. The lowest BCUT2D eigenvalue weighted by molar-refractivity contribution is -0.114. The summed E-state index contributed by atoms with van der Waals surface area (Å²) in [7, 11) is -20.0. The lowest BCUT2D eigenvalue weighted by atomic mass is 10.2. The zero-order chi connectivity index (χ0) is 33.6. The Morgan fingerprint density at radius 1 is 0.818 bits per heavy atom. The molecule has 3 rings (SSSR count). The van der Waals surface area contributed by atoms with Crippen molar-refractivity contribution in [3.8, 4) is 11.6 Å². The minimum Gasteiger partial charge on any atom is -0.493 e. The van der Waals surface area contributed by atoms with Crippen LogP contribution in [0, 0.1) is 6.92 Å². The number of nitrogens with zero attached hydrogens (tertiary/aromatic N) is 4. The molecule has 238 valence electrons. The lowest BCUT2D eigenvalue weighted by Crippen LogP contribution is -2.26. The number of rotatable bonds is 9. The van der Waals surface area contributed by atoms with E-state index in [9.17, 15) is 61.8 Å². The van der Waals surface area contributed by atoms with Crippen LogP contribution < -0.4 is 5.01 Å². The van der Waals surface area contributed by atoms with Crippen LogP contribution in [0.2, 0.25) is 0 Å². The Kier molecular flexibility index (Phi) is 9.25. The van der Waals surface area contributed by atoms with Crippen LogP contribution in [0.4, 0.5) is 5.69 Å². The Morgan fingerprint density at radius 3 is 1.80 bits per heavy atom. The summed E-state index contributed by atoms with van der Waals surface area (Å²) < 4.78 is 133. The number of carbonyl (C=O) groups excluding carboxylic acids is 1. The molecular weight excluding hydrogens is 673 g/mol. The summed E-state index contributed by atoms with van der Waals surface area (Å²) in [5.74, 6) is -2.11. The third kappa shape index (κ3) is 7.54. The predicted molar refractivity (Wildman–Crippen MR) is 151 cm³/mol. The second kappa shape index (κ2) is 11.8. The molecular formula is C22H22N4O14S4. The highest BCUT2D eigenvalue weighted by atomic mass is 32.2. The van der Waals surface area contributed by atoms with Crippen LogP contribution in [0.3, 0.4) is 0 Å². The van der Waals surface area contributed by atoms with Crippen molar-refractivity contribution >= 4 is 63.9 Å². The summed E-state index contributed by atoms with van der Waals surface area (Å²) in [4.78, 5) is 9.67. The molecule has 0 bridgehead atoms. The molecule has 0 radical (unpaired) electrons. The normalized spacial score (nSPS) is 12.8. The average molecular weight is 695 g/mol. The van der Waals surface area contributed by atoms with Gasteiger partial charge in [0.15, 0.2) is 0 Å². The number of anilines is 1. The number of hydrogen-bond acceptors (Lipinski definition) is 12. The molecule has 18 nitrogen and oxygen atoms in total. The van der Waals surface area contributed by atoms with E-state index in [1.54, 1.807) is 0 Å². The minimum atomic E-state index is -5.10. The molecule has 2 aromatic carbocycles. The smallest absolute Gasteiger partial charge is 0.296 e. The molecule has 0 spiro atoms. The topological polar surface area (TPSA) is 288 Å². The highest BCUT2D eigenvalue weighted by Gasteiger charge is 2.28. The molecule has 1 heterocycles. The van der Waals surface area contributed by atoms with E-state index in [1.807, 2.05) is 0 Å². The molecule has 0 fully saturated rings. The molecule has 22 heteroatoms. The number of hydrazone groups is 1. The molecule has 0 saturated carbocycles. The summed E-state index contributed by atoms with van der Waals surface area (Å²) in [6, 6.07) is 3.68. The van der Waals surface area contributed by atoms with Gasteiger partial charge >= 0.3 is 0 Å². The molecule has 1 amide bonds. The van der Waals surface area contributed by atoms with Gasteiger partial charge in [-0.3, -0.25) is 23.0 Å². The Morgan fingerprint density at radius 2 is 1.32 bits per heavy atom. The summed E-state index contributed by atoms with van der Waals surface area (Å²) in [5, 5.41) is 19.0. The van der Waals surface area contributed by atoms with Crippen molar-refractivity contribution in [3.63, 3.8) is 0 Å². The SMILES string of the molecule is CC(C)=NN(C(=O)C=Cc1c(C)nn(-c2cc(S(=O)(=O)O)ccc2S(=O)(=O)O)c1O)c1cc(S(=O)(=O)O)ccc1S(=O)(=O)O. The van der Waals surface area contributed by atoms with E-state index >= 15 is 0 Å². The first kappa shape index (κ1) is 34.5. The van der Waals surface area contributed by atoms with Crippen LogP contribution in [-0.4, -0.2) is 78.4 Å². The quantitative estimate of drug-likeness (QED) is 0.0913. The van der Waals surface area contributed by atoms with Crippen molar-refractivity contribution in [2.75, 3.05) is 5.01 Å². The van der Waals surface area contributed by atoms with E-state index in [4.69, 9.17) is 0 Å². The third-order valence-corrected chi connectivity index (χ3v) is 8.95. The molecule has 0 aliphatic rings. The maximum Gasteiger partial charge on any atom is 0.296 e. The van der Waals surface area contributed by atoms with Gasteiger partial charge < -0.3 is 5.11 Å². The van der Waals surface area contributed by atoms with Gasteiger partial charge in [-0.25, -0.2) is 0 Å². The number of aromatic nitrogens is 2. The van der Waals surface area contributed by atoms with Crippen LogP contribution in [0.15, 0.2) is 67.2 Å². The molecule has 0 unspecified atom stereocenters. The predicted octanol–water partition coefficient (Wildman–Crippen LogP) is 1.32. The van der Waals surface area contributed by atoms with Crippen LogP contribution in [0.25, 0.3) is 11.8 Å². The molecule has 0 atom stereocenters. The first-order chi connectivity index (χ1) is 19.9. The Balaban J connectivity index is 2.22. The summed E-state index contributed by atoms with van der Waals surface area (Å²) in [6.07, 6.45) is 1.58. The molecule has 0 aliphatic heterocycles. The summed E-state index contributed by atoms with van der Waals surface area (Å²) in [5.41, 5.74) is -1.81. The first-order valence-electron chi connectivity index (χ1n) is 11.4. The van der Waals surface area contributed by atoms with Gasteiger partial charge in [0.2, 0.25) is 5.88 Å². The number of aromatic hydroxyl groups is 1. The van der Waals surface area contributed by atoms with Crippen molar-refractivity contribution < 1.29 is 61.8 Å². The highest BCUT2D eigenvalue weighted by molar-refractivity contribution is 7.87. The number of aryl methyl sites for hydroxylation is 1. The van der Waals surface area contributed by atoms with Crippen molar-refractivity contribution in [3.05, 3.63) is 53.7 Å². The van der Waals surface area contributed by atoms with Crippen LogP contribution in [-0.2, 0) is 45.3 Å². The lowest BCUT2D eigenvalue weighted by Gasteiger charge is -2.19.